The van der Waals surface area contributed by atoms with Crippen LogP contribution in [0.2, 0.25) is 0 Å². The Morgan fingerprint density at radius 2 is 2.21 bits per heavy atom. The Bertz CT molecular complexity index is 420. The van der Waals surface area contributed by atoms with Crippen molar-refractivity contribution in [1.29, 1.82) is 0 Å². The lowest BCUT2D eigenvalue weighted by atomic mass is 10.1. The minimum absolute atomic E-state index is 0.0405. The molecule has 0 heterocycles. The number of carboxylic acids is 1. The highest BCUT2D eigenvalue weighted by Gasteiger charge is 2.13. The second-order valence-electron chi connectivity index (χ2n) is 4.34. The average molecular weight is 267 g/mol. The van der Waals surface area contributed by atoms with Gasteiger partial charge in [0.05, 0.1) is 19.1 Å². The highest BCUT2D eigenvalue weighted by atomic mass is 16.5. The molecule has 5 heteroatoms. The fourth-order valence-electron chi connectivity index (χ4n) is 1.76. The highest BCUT2D eigenvalue weighted by Crippen LogP contribution is 2.26. The lowest BCUT2D eigenvalue weighted by Gasteiger charge is -2.17. The molecule has 1 aromatic rings. The minimum atomic E-state index is -0.854. The standard InChI is InChI=1S/C14H21NO4/c1-3-19-13-5-4-10(2)8-11(13)12(16)9-15-7-6-14(17)18/h4-5,8,12,15-16H,3,6-7,9H2,1-2H3,(H,17,18). The number of aliphatic hydroxyl groups excluding tert-OH is 1. The summed E-state index contributed by atoms with van der Waals surface area (Å²) in [4.78, 5) is 10.4. The third kappa shape index (κ3) is 5.28. The summed E-state index contributed by atoms with van der Waals surface area (Å²) >= 11 is 0. The summed E-state index contributed by atoms with van der Waals surface area (Å²) in [6.07, 6.45) is -0.672. The summed E-state index contributed by atoms with van der Waals surface area (Å²) < 4.78 is 5.48. The third-order valence-electron chi connectivity index (χ3n) is 2.68. The zero-order chi connectivity index (χ0) is 14.3. The van der Waals surface area contributed by atoms with Gasteiger partial charge >= 0.3 is 5.97 Å². The monoisotopic (exact) mass is 267 g/mol. The largest absolute Gasteiger partial charge is 0.493 e. The molecular formula is C14H21NO4. The molecule has 106 valence electrons. The second kappa shape index (κ2) is 7.76. The van der Waals surface area contributed by atoms with E-state index in [1.165, 1.54) is 0 Å². The second-order valence-corrected chi connectivity index (χ2v) is 4.34. The Labute approximate surface area is 113 Å². The number of carbonyl (C=O) groups is 1. The number of rotatable bonds is 8. The van der Waals surface area contributed by atoms with Crippen LogP contribution >= 0.6 is 0 Å². The van der Waals surface area contributed by atoms with Crippen LogP contribution in [0.4, 0.5) is 0 Å². The van der Waals surface area contributed by atoms with E-state index in [2.05, 4.69) is 5.32 Å². The van der Waals surface area contributed by atoms with Gasteiger partial charge in [-0.05, 0) is 26.0 Å². The van der Waals surface area contributed by atoms with E-state index >= 15 is 0 Å². The molecule has 0 aliphatic heterocycles. The number of ether oxygens (including phenoxy) is 1. The molecular weight excluding hydrogens is 246 g/mol. The van der Waals surface area contributed by atoms with Gasteiger partial charge in [-0.25, -0.2) is 0 Å². The van der Waals surface area contributed by atoms with Gasteiger partial charge in [-0.1, -0.05) is 11.6 Å². The molecule has 0 amide bonds. The maximum absolute atomic E-state index is 10.4. The number of aliphatic carboxylic acids is 1. The molecule has 3 N–H and O–H groups in total. The van der Waals surface area contributed by atoms with Crippen LogP contribution in [0.25, 0.3) is 0 Å². The van der Waals surface area contributed by atoms with Crippen molar-refractivity contribution in [2.45, 2.75) is 26.4 Å². The summed E-state index contributed by atoms with van der Waals surface area (Å²) in [5.41, 5.74) is 1.77. The first-order chi connectivity index (χ1) is 9.04. The summed E-state index contributed by atoms with van der Waals surface area (Å²) in [6, 6.07) is 5.66. The molecule has 5 nitrogen and oxygen atoms in total. The van der Waals surface area contributed by atoms with Gasteiger partial charge in [-0.3, -0.25) is 4.79 Å². The van der Waals surface area contributed by atoms with Gasteiger partial charge in [0.1, 0.15) is 5.75 Å². The highest BCUT2D eigenvalue weighted by molar-refractivity contribution is 5.66. The molecule has 0 radical (unpaired) electrons. The predicted octanol–water partition coefficient (Wildman–Crippen LogP) is 1.49. The molecule has 19 heavy (non-hydrogen) atoms. The summed E-state index contributed by atoms with van der Waals surface area (Å²) in [5, 5.41) is 21.6. The van der Waals surface area contributed by atoms with Crippen molar-refractivity contribution in [3.63, 3.8) is 0 Å². The van der Waals surface area contributed by atoms with E-state index in [4.69, 9.17) is 9.84 Å². The molecule has 0 aliphatic rings. The minimum Gasteiger partial charge on any atom is -0.493 e. The van der Waals surface area contributed by atoms with Crippen molar-refractivity contribution in [2.75, 3.05) is 19.7 Å². The molecule has 0 spiro atoms. The van der Waals surface area contributed by atoms with E-state index in [1.54, 1.807) is 0 Å². The molecule has 1 rings (SSSR count). The molecule has 0 fully saturated rings. The first kappa shape index (κ1) is 15.5. The first-order valence-corrected chi connectivity index (χ1v) is 6.38. The van der Waals surface area contributed by atoms with E-state index in [0.717, 1.165) is 11.1 Å². The van der Waals surface area contributed by atoms with Gasteiger partial charge in [-0.2, -0.15) is 0 Å². The van der Waals surface area contributed by atoms with Crippen LogP contribution in [-0.2, 0) is 4.79 Å². The van der Waals surface area contributed by atoms with Gasteiger partial charge in [0.25, 0.3) is 0 Å². The molecule has 0 aliphatic carbocycles. The number of aliphatic hydroxyl groups is 1. The normalized spacial score (nSPS) is 12.2. The van der Waals surface area contributed by atoms with Crippen molar-refractivity contribution in [3.05, 3.63) is 29.3 Å². The Hall–Kier alpha value is -1.59. The molecule has 1 unspecified atom stereocenters. The molecule has 0 aromatic heterocycles. The average Bonchev–Trinajstić information content (AvgIpc) is 2.36. The van der Waals surface area contributed by atoms with Crippen LogP contribution in [0.5, 0.6) is 5.75 Å². The van der Waals surface area contributed by atoms with Crippen LogP contribution in [0.3, 0.4) is 0 Å². The van der Waals surface area contributed by atoms with Crippen molar-refractivity contribution in [3.8, 4) is 5.75 Å². The smallest absolute Gasteiger partial charge is 0.304 e. The molecule has 0 saturated heterocycles. The van der Waals surface area contributed by atoms with Crippen molar-refractivity contribution >= 4 is 5.97 Å². The number of benzene rings is 1. The van der Waals surface area contributed by atoms with E-state index in [1.807, 2.05) is 32.0 Å². The van der Waals surface area contributed by atoms with Crippen molar-refractivity contribution < 1.29 is 19.7 Å². The van der Waals surface area contributed by atoms with Gasteiger partial charge < -0.3 is 20.3 Å². The van der Waals surface area contributed by atoms with E-state index in [0.29, 0.717) is 25.4 Å². The fourth-order valence-corrected chi connectivity index (χ4v) is 1.76. The van der Waals surface area contributed by atoms with Crippen molar-refractivity contribution in [2.24, 2.45) is 0 Å². The summed E-state index contributed by atoms with van der Waals surface area (Å²) in [6.45, 7) is 5.01. The molecule has 1 atom stereocenters. The number of nitrogens with one attached hydrogen (secondary N) is 1. The first-order valence-electron chi connectivity index (χ1n) is 6.38. The van der Waals surface area contributed by atoms with Gasteiger partial charge in [-0.15, -0.1) is 0 Å². The lowest BCUT2D eigenvalue weighted by Crippen LogP contribution is -2.24. The third-order valence-corrected chi connectivity index (χ3v) is 2.68. The number of carboxylic acid groups (broad SMARTS) is 1. The SMILES string of the molecule is CCOc1ccc(C)cc1C(O)CNCCC(=O)O. The fraction of sp³-hybridized carbons (Fsp3) is 0.500. The van der Waals surface area contributed by atoms with E-state index in [-0.39, 0.29) is 6.42 Å². The number of hydrogen-bond donors (Lipinski definition) is 3. The quantitative estimate of drug-likeness (QED) is 0.622. The maximum Gasteiger partial charge on any atom is 0.304 e. The predicted molar refractivity (Wildman–Crippen MR) is 72.4 cm³/mol. The lowest BCUT2D eigenvalue weighted by molar-refractivity contribution is -0.136. The van der Waals surface area contributed by atoms with Crippen LogP contribution in [0, 0.1) is 6.92 Å². The summed E-state index contributed by atoms with van der Waals surface area (Å²) in [5.74, 6) is -0.187. The van der Waals surface area contributed by atoms with E-state index in [9.17, 15) is 9.90 Å². The Balaban J connectivity index is 2.61. The zero-order valence-corrected chi connectivity index (χ0v) is 11.3. The van der Waals surface area contributed by atoms with E-state index < -0.39 is 12.1 Å². The van der Waals surface area contributed by atoms with Crippen LogP contribution < -0.4 is 10.1 Å². The van der Waals surface area contributed by atoms with Crippen molar-refractivity contribution in [1.82, 2.24) is 5.32 Å². The number of hydrogen-bond acceptors (Lipinski definition) is 4. The topological polar surface area (TPSA) is 78.8 Å². The Morgan fingerprint density at radius 1 is 1.47 bits per heavy atom. The molecule has 0 saturated carbocycles. The van der Waals surface area contributed by atoms with Crippen LogP contribution in [0.1, 0.15) is 30.6 Å². The maximum atomic E-state index is 10.4. The van der Waals surface area contributed by atoms with Gasteiger partial charge in [0, 0.05) is 18.7 Å². The Morgan fingerprint density at radius 3 is 2.84 bits per heavy atom. The molecule has 0 bridgehead atoms. The molecule has 1 aromatic carbocycles. The van der Waals surface area contributed by atoms with Gasteiger partial charge in [0.2, 0.25) is 0 Å². The Kier molecular flexibility index (Phi) is 6.32. The summed E-state index contributed by atoms with van der Waals surface area (Å²) in [7, 11) is 0. The van der Waals surface area contributed by atoms with Crippen LogP contribution in [0.15, 0.2) is 18.2 Å². The van der Waals surface area contributed by atoms with Gasteiger partial charge in [0.15, 0.2) is 0 Å². The number of aryl methyl sites for hydroxylation is 1. The van der Waals surface area contributed by atoms with Crippen LogP contribution in [-0.4, -0.2) is 35.9 Å². The zero-order valence-electron chi connectivity index (χ0n) is 11.3.